The molecule has 0 fully saturated rings. The summed E-state index contributed by atoms with van der Waals surface area (Å²) in [7, 11) is 0. The van der Waals surface area contributed by atoms with Crippen molar-refractivity contribution in [3.05, 3.63) is 71.4 Å². The number of alkyl halides is 6. The number of hydrogen-bond acceptors (Lipinski definition) is 3. The molecule has 3 aromatic rings. The summed E-state index contributed by atoms with van der Waals surface area (Å²) in [4.78, 5) is 23.8. The highest BCUT2D eigenvalue weighted by molar-refractivity contribution is 6.01. The first-order chi connectivity index (χ1) is 14.9. The smallest absolute Gasteiger partial charge is 0.308 e. The van der Waals surface area contributed by atoms with Crippen LogP contribution in [0.4, 0.5) is 42.6 Å². The molecule has 3 rings (SSSR count). The molecule has 32 heavy (non-hydrogen) atoms. The molecule has 2 amide bonds. The van der Waals surface area contributed by atoms with Gasteiger partial charge in [0, 0.05) is 17.3 Å². The Morgan fingerprint density at radius 2 is 1.56 bits per heavy atom. The third-order valence-electron chi connectivity index (χ3n) is 4.21. The Balaban J connectivity index is 1.99. The van der Waals surface area contributed by atoms with Crippen LogP contribution < -0.4 is 10.6 Å². The third kappa shape index (κ3) is 5.07. The number of nitrogens with one attached hydrogen (secondary N) is 2. The molecule has 0 aliphatic rings. The van der Waals surface area contributed by atoms with E-state index in [1.54, 1.807) is 0 Å². The minimum absolute atomic E-state index is 0.146. The third-order valence-corrected chi connectivity index (χ3v) is 4.21. The quantitative estimate of drug-likeness (QED) is 0.387. The molecule has 0 saturated carbocycles. The SMILES string of the molecule is CC(=O)c1cccc(NC(=O)Nc2cc(C(F)(F)F)nn2-c2ccccc2C(F)(F)F)c1. The Kier molecular flexibility index (Phi) is 5.97. The van der Waals surface area contributed by atoms with E-state index in [0.717, 1.165) is 12.1 Å². The predicted octanol–water partition coefficient (Wildman–Crippen LogP) is 5.76. The summed E-state index contributed by atoms with van der Waals surface area (Å²) in [5.74, 6) is -0.931. The van der Waals surface area contributed by atoms with Gasteiger partial charge in [0.2, 0.25) is 0 Å². The largest absolute Gasteiger partial charge is 0.435 e. The van der Waals surface area contributed by atoms with Crippen LogP contribution >= 0.6 is 0 Å². The van der Waals surface area contributed by atoms with Crippen LogP contribution in [0.3, 0.4) is 0 Å². The number of urea groups is 1. The first-order valence-corrected chi connectivity index (χ1v) is 8.89. The minimum Gasteiger partial charge on any atom is -0.308 e. The topological polar surface area (TPSA) is 76.0 Å². The second-order valence-corrected chi connectivity index (χ2v) is 6.56. The van der Waals surface area contributed by atoms with E-state index in [1.165, 1.54) is 37.3 Å². The van der Waals surface area contributed by atoms with Crippen LogP contribution in [0.15, 0.2) is 54.6 Å². The Hall–Kier alpha value is -3.83. The average Bonchev–Trinajstić information content (AvgIpc) is 3.11. The van der Waals surface area contributed by atoms with Gasteiger partial charge in [0.15, 0.2) is 11.5 Å². The van der Waals surface area contributed by atoms with E-state index in [4.69, 9.17) is 0 Å². The predicted molar refractivity (Wildman–Crippen MR) is 103 cm³/mol. The van der Waals surface area contributed by atoms with Gasteiger partial charge in [0.05, 0.1) is 11.3 Å². The summed E-state index contributed by atoms with van der Waals surface area (Å²) in [6.07, 6.45) is -9.85. The molecule has 2 aromatic carbocycles. The van der Waals surface area contributed by atoms with Crippen molar-refractivity contribution in [1.82, 2.24) is 9.78 Å². The average molecular weight is 456 g/mol. The van der Waals surface area contributed by atoms with Crippen LogP contribution in [0.5, 0.6) is 0 Å². The van der Waals surface area contributed by atoms with Crippen molar-refractivity contribution < 1.29 is 35.9 Å². The number of anilines is 2. The van der Waals surface area contributed by atoms with E-state index in [0.29, 0.717) is 16.8 Å². The first-order valence-electron chi connectivity index (χ1n) is 8.89. The lowest BCUT2D eigenvalue weighted by Gasteiger charge is -2.15. The van der Waals surface area contributed by atoms with Gasteiger partial charge < -0.3 is 5.32 Å². The van der Waals surface area contributed by atoms with Gasteiger partial charge in [-0.3, -0.25) is 10.1 Å². The number of aromatic nitrogens is 2. The molecule has 0 saturated heterocycles. The number of benzene rings is 2. The molecule has 0 bridgehead atoms. The number of carbonyl (C=O) groups is 2. The molecule has 0 aliphatic heterocycles. The van der Waals surface area contributed by atoms with E-state index < -0.39 is 41.1 Å². The molecular formula is C20H14F6N4O2. The molecule has 0 atom stereocenters. The van der Waals surface area contributed by atoms with Crippen LogP contribution in [0.25, 0.3) is 5.69 Å². The number of carbonyl (C=O) groups excluding carboxylic acids is 2. The van der Waals surface area contributed by atoms with Crippen molar-refractivity contribution in [1.29, 1.82) is 0 Å². The van der Waals surface area contributed by atoms with Crippen LogP contribution in [0.2, 0.25) is 0 Å². The highest BCUT2D eigenvalue weighted by Gasteiger charge is 2.38. The van der Waals surface area contributed by atoms with Crippen molar-refractivity contribution in [2.24, 2.45) is 0 Å². The van der Waals surface area contributed by atoms with Gasteiger partial charge in [-0.2, -0.15) is 31.4 Å². The lowest BCUT2D eigenvalue weighted by Crippen LogP contribution is -2.22. The molecule has 2 N–H and O–H groups in total. The summed E-state index contributed by atoms with van der Waals surface area (Å²) in [5.41, 5.74) is -3.03. The van der Waals surface area contributed by atoms with Crippen LogP contribution in [-0.2, 0) is 12.4 Å². The lowest BCUT2D eigenvalue weighted by atomic mass is 10.1. The van der Waals surface area contributed by atoms with Crippen LogP contribution in [0, 0.1) is 0 Å². The Morgan fingerprint density at radius 3 is 2.19 bits per heavy atom. The molecule has 1 heterocycles. The van der Waals surface area contributed by atoms with Gasteiger partial charge in [-0.05, 0) is 31.2 Å². The molecule has 6 nitrogen and oxygen atoms in total. The van der Waals surface area contributed by atoms with E-state index in [-0.39, 0.29) is 17.0 Å². The Morgan fingerprint density at radius 1 is 0.875 bits per heavy atom. The Labute approximate surface area is 176 Å². The number of para-hydroxylation sites is 1. The number of amides is 2. The summed E-state index contributed by atoms with van der Waals surface area (Å²) < 4.78 is 80.0. The standard InChI is InChI=1S/C20H14F6N4O2/c1-11(31)12-5-4-6-13(9-12)27-18(32)28-17-10-16(20(24,25)26)29-30(17)15-8-3-2-7-14(15)19(21,22)23/h2-10H,1H3,(H2,27,28,32). The summed E-state index contributed by atoms with van der Waals surface area (Å²) in [6.45, 7) is 1.30. The first kappa shape index (κ1) is 22.8. The zero-order valence-electron chi connectivity index (χ0n) is 16.2. The molecule has 168 valence electrons. The fourth-order valence-electron chi connectivity index (χ4n) is 2.78. The van der Waals surface area contributed by atoms with Gasteiger partial charge in [-0.1, -0.05) is 24.3 Å². The molecular weight excluding hydrogens is 442 g/mol. The van der Waals surface area contributed by atoms with E-state index in [9.17, 15) is 35.9 Å². The van der Waals surface area contributed by atoms with Gasteiger partial charge in [0.25, 0.3) is 0 Å². The molecule has 1 aromatic heterocycles. The number of nitrogens with zero attached hydrogens (tertiary/aromatic N) is 2. The molecule has 0 aliphatic carbocycles. The second kappa shape index (κ2) is 8.36. The van der Waals surface area contributed by atoms with Gasteiger partial charge in [-0.25, -0.2) is 9.48 Å². The van der Waals surface area contributed by atoms with Crippen LogP contribution in [0.1, 0.15) is 28.5 Å². The number of rotatable bonds is 4. The maximum atomic E-state index is 13.4. The fraction of sp³-hybridized carbons (Fsp3) is 0.150. The zero-order valence-corrected chi connectivity index (χ0v) is 16.2. The highest BCUT2D eigenvalue weighted by atomic mass is 19.4. The zero-order chi connectivity index (χ0) is 23.7. The van der Waals surface area contributed by atoms with Crippen molar-refractivity contribution in [3.63, 3.8) is 0 Å². The normalized spacial score (nSPS) is 11.8. The highest BCUT2D eigenvalue weighted by Crippen LogP contribution is 2.36. The van der Waals surface area contributed by atoms with Crippen molar-refractivity contribution >= 4 is 23.3 Å². The molecule has 12 heteroatoms. The van der Waals surface area contributed by atoms with Crippen molar-refractivity contribution in [2.45, 2.75) is 19.3 Å². The monoisotopic (exact) mass is 456 g/mol. The number of ketones is 1. The van der Waals surface area contributed by atoms with Crippen LogP contribution in [-0.4, -0.2) is 21.6 Å². The maximum Gasteiger partial charge on any atom is 0.435 e. The van der Waals surface area contributed by atoms with E-state index >= 15 is 0 Å². The number of halogens is 6. The van der Waals surface area contributed by atoms with Gasteiger partial charge in [-0.15, -0.1) is 0 Å². The minimum atomic E-state index is -4.97. The number of Topliss-reactive ketones (excluding diaryl/α,β-unsaturated/α-hetero) is 1. The van der Waals surface area contributed by atoms with Gasteiger partial charge in [0.1, 0.15) is 5.82 Å². The fourth-order valence-corrected chi connectivity index (χ4v) is 2.78. The van der Waals surface area contributed by atoms with E-state index in [1.807, 2.05) is 0 Å². The summed E-state index contributed by atoms with van der Waals surface area (Å²) in [6, 6.07) is 8.95. The van der Waals surface area contributed by atoms with E-state index in [2.05, 4.69) is 15.7 Å². The molecule has 0 radical (unpaired) electrons. The van der Waals surface area contributed by atoms with Crippen molar-refractivity contribution in [3.8, 4) is 5.69 Å². The molecule has 0 spiro atoms. The lowest BCUT2D eigenvalue weighted by molar-refractivity contribution is -0.141. The molecule has 0 unspecified atom stereocenters. The summed E-state index contributed by atoms with van der Waals surface area (Å²) in [5, 5.41) is 7.61. The summed E-state index contributed by atoms with van der Waals surface area (Å²) >= 11 is 0. The van der Waals surface area contributed by atoms with Crippen molar-refractivity contribution in [2.75, 3.05) is 10.6 Å². The second-order valence-electron chi connectivity index (χ2n) is 6.56. The maximum absolute atomic E-state index is 13.4. The van der Waals surface area contributed by atoms with Gasteiger partial charge >= 0.3 is 18.4 Å². The Bertz CT molecular complexity index is 1170. The number of hydrogen-bond donors (Lipinski definition) is 2.